The van der Waals surface area contributed by atoms with E-state index in [1.165, 1.54) is 20.3 Å². The molecule has 8 rings (SSSR count). The minimum absolute atomic E-state index is 0.271. The van der Waals surface area contributed by atoms with Crippen molar-refractivity contribution in [3.05, 3.63) is 184 Å². The highest BCUT2D eigenvalue weighted by molar-refractivity contribution is 14.1. The van der Waals surface area contributed by atoms with Crippen molar-refractivity contribution in [2.75, 3.05) is 6.61 Å². The van der Waals surface area contributed by atoms with Gasteiger partial charge in [-0.05, 0) is 80.9 Å². The molecule has 1 fully saturated rings. The summed E-state index contributed by atoms with van der Waals surface area (Å²) >= 11 is 2.48. The Bertz CT molecular complexity index is 1970. The van der Waals surface area contributed by atoms with Crippen molar-refractivity contribution in [2.45, 2.75) is 76.6 Å². The van der Waals surface area contributed by atoms with Gasteiger partial charge in [0, 0.05) is 9.14 Å². The van der Waals surface area contributed by atoms with Crippen LogP contribution in [0.15, 0.2) is 139 Å². The second kappa shape index (κ2) is 16.1. The summed E-state index contributed by atoms with van der Waals surface area (Å²) in [5.41, 5.74) is 10.3. The molecule has 0 amide bonds. The van der Waals surface area contributed by atoms with Crippen LogP contribution in [0, 0.1) is 0 Å². The van der Waals surface area contributed by atoms with Crippen molar-refractivity contribution in [3.8, 4) is 0 Å². The first kappa shape index (κ1) is 35.4. The topological polar surface area (TPSA) is 55.4 Å². The van der Waals surface area contributed by atoms with Gasteiger partial charge in [-0.3, -0.25) is 0 Å². The lowest BCUT2D eigenvalue weighted by atomic mass is 9.85. The van der Waals surface area contributed by atoms with Gasteiger partial charge in [0.2, 0.25) is 5.79 Å². The highest BCUT2D eigenvalue weighted by Crippen LogP contribution is 2.51. The number of fused-ring (bicyclic) bond motifs is 3. The number of rotatable bonds is 13. The number of ether oxygens (including phenoxy) is 6. The molecule has 1 spiro atoms. The zero-order valence-corrected chi connectivity index (χ0v) is 31.4. The summed E-state index contributed by atoms with van der Waals surface area (Å²) < 4.78 is 42.9. The molecular formula is C45H43IO6. The molecule has 5 atom stereocenters. The molecule has 2 aliphatic heterocycles. The fourth-order valence-corrected chi connectivity index (χ4v) is 8.21. The summed E-state index contributed by atoms with van der Waals surface area (Å²) in [5, 5.41) is 0. The third-order valence-corrected chi connectivity index (χ3v) is 11.6. The van der Waals surface area contributed by atoms with Crippen LogP contribution >= 0.6 is 22.6 Å². The summed E-state index contributed by atoms with van der Waals surface area (Å²) in [7, 11) is 0. The van der Waals surface area contributed by atoms with Gasteiger partial charge in [0.05, 0.1) is 39.6 Å². The first-order chi connectivity index (χ1) is 25.6. The Balaban J connectivity index is 1.21. The van der Waals surface area contributed by atoms with Gasteiger partial charge < -0.3 is 28.4 Å². The number of benzene rings is 5. The number of hydrogen-bond acceptors (Lipinski definition) is 6. The lowest BCUT2D eigenvalue weighted by Gasteiger charge is -2.51. The molecule has 0 aromatic heterocycles. The second-order valence-corrected chi connectivity index (χ2v) is 14.9. The summed E-state index contributed by atoms with van der Waals surface area (Å²) in [6, 6.07) is 45.5. The molecule has 1 saturated heterocycles. The van der Waals surface area contributed by atoms with Gasteiger partial charge in [0.1, 0.15) is 24.4 Å². The molecule has 2 heterocycles. The Kier molecular flexibility index (Phi) is 11.0. The Morgan fingerprint density at radius 1 is 0.635 bits per heavy atom. The molecule has 0 saturated carbocycles. The molecule has 5 aromatic carbocycles. The minimum atomic E-state index is -1.26. The van der Waals surface area contributed by atoms with E-state index in [0.29, 0.717) is 33.0 Å². The average Bonchev–Trinajstić information content (AvgIpc) is 3.68. The fraction of sp³-hybridized carbons (Fsp3) is 0.289. The molecule has 0 unspecified atom stereocenters. The normalized spacial score (nSPS) is 23.6. The molecule has 5 aromatic rings. The minimum Gasteiger partial charge on any atom is -0.374 e. The van der Waals surface area contributed by atoms with E-state index in [9.17, 15) is 0 Å². The summed E-state index contributed by atoms with van der Waals surface area (Å²) in [6.45, 7) is 4.42. The largest absolute Gasteiger partial charge is 0.374 e. The lowest BCUT2D eigenvalue weighted by molar-refractivity contribution is -0.387. The van der Waals surface area contributed by atoms with E-state index in [2.05, 4.69) is 90.2 Å². The van der Waals surface area contributed by atoms with Crippen molar-refractivity contribution >= 4 is 26.2 Å². The van der Waals surface area contributed by atoms with Gasteiger partial charge >= 0.3 is 0 Å². The highest BCUT2D eigenvalue weighted by Gasteiger charge is 2.61. The number of allylic oxidation sites excluding steroid dienone is 1. The molecule has 3 aliphatic rings. The van der Waals surface area contributed by atoms with Gasteiger partial charge in [-0.25, -0.2) is 0 Å². The van der Waals surface area contributed by atoms with Crippen LogP contribution < -0.4 is 0 Å². The molecule has 52 heavy (non-hydrogen) atoms. The quantitative estimate of drug-likeness (QED) is 0.111. The zero-order chi connectivity index (χ0) is 35.3. The van der Waals surface area contributed by atoms with E-state index in [4.69, 9.17) is 28.4 Å². The number of halogens is 1. The first-order valence-corrected chi connectivity index (χ1v) is 19.1. The summed E-state index contributed by atoms with van der Waals surface area (Å²) in [6.07, 6.45) is -1.40. The Morgan fingerprint density at radius 2 is 1.15 bits per heavy atom. The Hall–Kier alpha value is -3.67. The predicted octanol–water partition coefficient (Wildman–Crippen LogP) is 9.46. The summed E-state index contributed by atoms with van der Waals surface area (Å²) in [4.78, 5) is 0. The molecular weight excluding hydrogens is 763 g/mol. The smallest absolute Gasteiger partial charge is 0.226 e. The monoisotopic (exact) mass is 806 g/mol. The van der Waals surface area contributed by atoms with Crippen LogP contribution in [-0.2, 0) is 73.7 Å². The van der Waals surface area contributed by atoms with Gasteiger partial charge in [-0.2, -0.15) is 0 Å². The second-order valence-electron chi connectivity index (χ2n) is 13.8. The van der Waals surface area contributed by atoms with Crippen molar-refractivity contribution in [2.24, 2.45) is 0 Å². The average molecular weight is 807 g/mol. The van der Waals surface area contributed by atoms with Gasteiger partial charge in [-0.1, -0.05) is 133 Å². The maximum Gasteiger partial charge on any atom is 0.226 e. The maximum atomic E-state index is 7.31. The van der Waals surface area contributed by atoms with E-state index in [1.807, 2.05) is 72.8 Å². The SMILES string of the molecule is CC1=C(I)c2cc3c(cc2C1)CO[C@]31O[C@H](COCc2ccccc2)[C@@H](OCc2ccccc2)[C@H](OCc2ccccc2)[C@H]1OCc1ccccc1. The third-order valence-electron chi connectivity index (χ3n) is 10.1. The van der Waals surface area contributed by atoms with Crippen LogP contribution in [0.1, 0.15) is 51.4 Å². The predicted molar refractivity (Wildman–Crippen MR) is 209 cm³/mol. The maximum absolute atomic E-state index is 7.31. The zero-order valence-electron chi connectivity index (χ0n) is 29.3. The molecule has 266 valence electrons. The Labute approximate surface area is 319 Å². The fourth-order valence-electron chi connectivity index (χ4n) is 7.52. The molecule has 0 radical (unpaired) electrons. The van der Waals surface area contributed by atoms with Gasteiger partial charge in [0.15, 0.2) is 0 Å². The van der Waals surface area contributed by atoms with Crippen LogP contribution in [0.25, 0.3) is 3.58 Å². The molecule has 6 nitrogen and oxygen atoms in total. The molecule has 1 aliphatic carbocycles. The van der Waals surface area contributed by atoms with Gasteiger partial charge in [0.25, 0.3) is 0 Å². The molecule has 0 N–H and O–H groups in total. The lowest BCUT2D eigenvalue weighted by Crippen LogP contribution is -2.65. The van der Waals surface area contributed by atoms with E-state index in [1.54, 1.807) is 0 Å². The van der Waals surface area contributed by atoms with Crippen LogP contribution in [-0.4, -0.2) is 31.0 Å². The standard InChI is InChI=1S/C45H43IO6/c1-31-22-36-23-37-29-51-45(39(37)24-38(36)41(31)46)44(50-28-35-20-12-5-13-21-35)43(49-27-34-18-10-4-11-19-34)42(48-26-33-16-8-3-9-17-33)40(52-45)30-47-25-32-14-6-2-7-15-32/h2-21,23-24,40,42-44H,22,25-30H2,1H3/t40-,42-,43+,44-,45+/m1/s1. The van der Waals surface area contributed by atoms with E-state index < -0.39 is 30.2 Å². The van der Waals surface area contributed by atoms with E-state index in [0.717, 1.165) is 39.8 Å². The van der Waals surface area contributed by atoms with Crippen LogP contribution in [0.3, 0.4) is 0 Å². The molecule has 0 bridgehead atoms. The van der Waals surface area contributed by atoms with Crippen molar-refractivity contribution in [1.29, 1.82) is 0 Å². The highest BCUT2D eigenvalue weighted by atomic mass is 127. The number of hydrogen-bond donors (Lipinski definition) is 0. The van der Waals surface area contributed by atoms with Crippen molar-refractivity contribution < 1.29 is 28.4 Å². The Morgan fingerprint density at radius 3 is 1.73 bits per heavy atom. The third kappa shape index (κ3) is 7.54. The van der Waals surface area contributed by atoms with Gasteiger partial charge in [-0.15, -0.1) is 0 Å². The van der Waals surface area contributed by atoms with Crippen LogP contribution in [0.2, 0.25) is 0 Å². The van der Waals surface area contributed by atoms with E-state index >= 15 is 0 Å². The van der Waals surface area contributed by atoms with Crippen LogP contribution in [0.4, 0.5) is 0 Å². The van der Waals surface area contributed by atoms with E-state index in [-0.39, 0.29) is 6.61 Å². The molecule has 7 heteroatoms. The summed E-state index contributed by atoms with van der Waals surface area (Å²) in [5.74, 6) is -1.26. The van der Waals surface area contributed by atoms with Crippen molar-refractivity contribution in [1.82, 2.24) is 0 Å². The van der Waals surface area contributed by atoms with Crippen LogP contribution in [0.5, 0.6) is 0 Å². The first-order valence-electron chi connectivity index (χ1n) is 18.0. The van der Waals surface area contributed by atoms with Crippen molar-refractivity contribution in [3.63, 3.8) is 0 Å².